The molecule has 0 unspecified atom stereocenters. The number of nitrogens with zero attached hydrogens (tertiary/aromatic N) is 2. The zero-order chi connectivity index (χ0) is 59.3. The van der Waals surface area contributed by atoms with E-state index in [1.54, 1.807) is 0 Å². The van der Waals surface area contributed by atoms with Gasteiger partial charge in [-0.1, -0.05) is 312 Å². The minimum absolute atomic E-state index is 0.0242. The van der Waals surface area contributed by atoms with Gasteiger partial charge in [0, 0.05) is 45.0 Å². The zero-order valence-electron chi connectivity index (χ0n) is 50.0. The highest BCUT2D eigenvalue weighted by Gasteiger charge is 2.46. The fourth-order valence-electron chi connectivity index (χ4n) is 14.7. The Morgan fingerprint density at radius 1 is 0.258 bits per heavy atom. The summed E-state index contributed by atoms with van der Waals surface area (Å²) in [6, 6.07) is 119. The molecule has 0 saturated heterocycles. The normalized spacial score (nSPS) is 12.6. The number of para-hydroxylation sites is 2. The number of rotatable bonds is 9. The second-order valence-electron chi connectivity index (χ2n) is 25.1. The average molecular weight is 1130 g/mol. The third kappa shape index (κ3) is 8.63. The van der Waals surface area contributed by atoms with Crippen LogP contribution in [0.2, 0.25) is 0 Å². The van der Waals surface area contributed by atoms with E-state index < -0.39 is 0 Å². The van der Waals surface area contributed by atoms with E-state index >= 15 is 0 Å². The molecular formula is C86H61BN2. The third-order valence-electron chi connectivity index (χ3n) is 19.0. The fraction of sp³-hybridized carbons (Fsp3) is 0.0465. The minimum Gasteiger partial charge on any atom is -0.310 e. The molecule has 0 radical (unpaired) electrons. The molecule has 0 spiro atoms. The third-order valence-corrected chi connectivity index (χ3v) is 19.0. The van der Waals surface area contributed by atoms with E-state index in [4.69, 9.17) is 0 Å². The summed E-state index contributed by atoms with van der Waals surface area (Å²) in [5.41, 5.74) is 28.2. The van der Waals surface area contributed by atoms with Gasteiger partial charge in [0.05, 0.1) is 11.4 Å². The van der Waals surface area contributed by atoms with Crippen LogP contribution < -0.4 is 26.2 Å². The summed E-state index contributed by atoms with van der Waals surface area (Å²) in [5.74, 6) is 0. The SMILES string of the molecule is CC(C)(C)c1ccc(-c2cc3c4c(c2)N(c2c(-c5ccccc5)cccc2-c2ccccc2)c2cc(-c5ccc6ccc7cccc8ccc5c6c78)ccc2B4c2cc(-c4ccccc4)ccc2N3c2c(-c3ccccc3)cccc2-c2ccccc2)cc1. The molecule has 15 aromatic carbocycles. The van der Waals surface area contributed by atoms with Crippen LogP contribution in [0.5, 0.6) is 0 Å². The molecule has 2 aliphatic heterocycles. The van der Waals surface area contributed by atoms with E-state index in [9.17, 15) is 0 Å². The first kappa shape index (κ1) is 52.3. The van der Waals surface area contributed by atoms with Crippen molar-refractivity contribution in [3.8, 4) is 77.9 Å². The van der Waals surface area contributed by atoms with E-state index in [-0.39, 0.29) is 12.1 Å². The fourth-order valence-corrected chi connectivity index (χ4v) is 14.7. The van der Waals surface area contributed by atoms with Crippen LogP contribution >= 0.6 is 0 Å². The molecule has 3 heteroatoms. The quantitative estimate of drug-likeness (QED) is 0.105. The molecule has 17 rings (SSSR count). The van der Waals surface area contributed by atoms with Gasteiger partial charge >= 0.3 is 0 Å². The van der Waals surface area contributed by atoms with Gasteiger partial charge in [-0.2, -0.15) is 0 Å². The first-order chi connectivity index (χ1) is 43.8. The Morgan fingerprint density at radius 3 is 1.19 bits per heavy atom. The van der Waals surface area contributed by atoms with Crippen LogP contribution in [0.3, 0.4) is 0 Å². The Balaban J connectivity index is 1.04. The van der Waals surface area contributed by atoms with E-state index in [0.29, 0.717) is 0 Å². The molecule has 0 saturated carbocycles. The number of hydrogen-bond donors (Lipinski definition) is 0. The molecule has 0 aromatic heterocycles. The lowest BCUT2D eigenvalue weighted by Crippen LogP contribution is -2.61. The topological polar surface area (TPSA) is 6.48 Å². The summed E-state index contributed by atoms with van der Waals surface area (Å²) < 4.78 is 0. The molecule has 0 fully saturated rings. The maximum absolute atomic E-state index is 2.69. The van der Waals surface area contributed by atoms with E-state index in [0.717, 1.165) is 89.8 Å². The monoisotopic (exact) mass is 1130 g/mol. The highest BCUT2D eigenvalue weighted by molar-refractivity contribution is 7.00. The van der Waals surface area contributed by atoms with Crippen molar-refractivity contribution >= 4 is 89.5 Å². The molecule has 0 N–H and O–H groups in total. The summed E-state index contributed by atoms with van der Waals surface area (Å²) in [7, 11) is 0. The van der Waals surface area contributed by atoms with Crippen molar-refractivity contribution in [2.24, 2.45) is 0 Å². The lowest BCUT2D eigenvalue weighted by molar-refractivity contribution is 0.590. The Labute approximate surface area is 521 Å². The Hall–Kier alpha value is -11.0. The lowest BCUT2D eigenvalue weighted by Gasteiger charge is -2.46. The molecule has 2 heterocycles. The van der Waals surface area contributed by atoms with Gasteiger partial charge in [0.2, 0.25) is 0 Å². The summed E-state index contributed by atoms with van der Waals surface area (Å²) in [5, 5.41) is 7.66. The van der Waals surface area contributed by atoms with Gasteiger partial charge in [-0.15, -0.1) is 0 Å². The Kier molecular flexibility index (Phi) is 12.3. The second-order valence-corrected chi connectivity index (χ2v) is 25.1. The van der Waals surface area contributed by atoms with Crippen molar-refractivity contribution in [1.82, 2.24) is 0 Å². The molecule has 0 bridgehead atoms. The summed E-state index contributed by atoms with van der Waals surface area (Å²) in [6.45, 7) is 6.72. The number of hydrogen-bond acceptors (Lipinski definition) is 2. The highest BCUT2D eigenvalue weighted by atomic mass is 15.2. The molecule has 89 heavy (non-hydrogen) atoms. The predicted octanol–water partition coefficient (Wildman–Crippen LogP) is 21.6. The second kappa shape index (κ2) is 20.9. The van der Waals surface area contributed by atoms with Crippen molar-refractivity contribution in [1.29, 1.82) is 0 Å². The van der Waals surface area contributed by atoms with Crippen LogP contribution in [0, 0.1) is 0 Å². The lowest BCUT2D eigenvalue weighted by atomic mass is 9.33. The van der Waals surface area contributed by atoms with Gasteiger partial charge in [-0.05, 0) is 140 Å². The van der Waals surface area contributed by atoms with Gasteiger partial charge in [0.25, 0.3) is 6.71 Å². The largest absolute Gasteiger partial charge is 0.310 e. The first-order valence-corrected chi connectivity index (χ1v) is 31.2. The van der Waals surface area contributed by atoms with Crippen molar-refractivity contribution in [2.45, 2.75) is 26.2 Å². The molecule has 0 amide bonds. The van der Waals surface area contributed by atoms with Crippen molar-refractivity contribution < 1.29 is 0 Å². The van der Waals surface area contributed by atoms with Crippen LogP contribution in [-0.2, 0) is 5.41 Å². The van der Waals surface area contributed by atoms with Crippen LogP contribution in [0.25, 0.3) is 110 Å². The predicted molar refractivity (Wildman–Crippen MR) is 381 cm³/mol. The summed E-state index contributed by atoms with van der Waals surface area (Å²) in [4.78, 5) is 5.34. The Bertz CT molecular complexity index is 5080. The van der Waals surface area contributed by atoms with E-state index in [1.807, 2.05) is 0 Å². The number of fused-ring (bicyclic) bond motifs is 4. The molecule has 418 valence electrons. The van der Waals surface area contributed by atoms with Crippen LogP contribution in [0.1, 0.15) is 26.3 Å². The van der Waals surface area contributed by atoms with Crippen molar-refractivity contribution in [3.63, 3.8) is 0 Å². The van der Waals surface area contributed by atoms with Gasteiger partial charge < -0.3 is 9.80 Å². The van der Waals surface area contributed by atoms with Crippen molar-refractivity contribution in [3.05, 3.63) is 321 Å². The molecule has 2 aliphatic rings. The molecular weight excluding hydrogens is 1070 g/mol. The number of anilines is 6. The van der Waals surface area contributed by atoms with Crippen molar-refractivity contribution in [2.75, 3.05) is 9.80 Å². The first-order valence-electron chi connectivity index (χ1n) is 31.2. The van der Waals surface area contributed by atoms with Crippen LogP contribution in [0.15, 0.2) is 315 Å². The zero-order valence-corrected chi connectivity index (χ0v) is 50.0. The molecule has 2 nitrogen and oxygen atoms in total. The molecule has 0 aliphatic carbocycles. The molecule has 15 aromatic rings. The maximum Gasteiger partial charge on any atom is 0.252 e. The smallest absolute Gasteiger partial charge is 0.252 e. The summed E-state index contributed by atoms with van der Waals surface area (Å²) >= 11 is 0. The highest BCUT2D eigenvalue weighted by Crippen LogP contribution is 2.54. The van der Waals surface area contributed by atoms with Gasteiger partial charge in [-0.3, -0.25) is 0 Å². The van der Waals surface area contributed by atoms with Gasteiger partial charge in [0.1, 0.15) is 0 Å². The minimum atomic E-state index is -0.193. The standard InChI is InChI=1S/C86H61BN2/c1-86(2,3)68-46-40-57(41-47-68)67-54-79-83-80(55-67)89(85-72(60-28-15-7-16-29-60)36-21-37-73(85)61-30-17-8-18-31-61)78-53-66(69-48-42-64-39-38-62-32-19-33-63-43-49-74(69)82(64)81(62)63)44-50-75(78)87(83)76-52-65(56-22-9-4-10-23-56)45-51-77(76)88(79)84-70(58-24-11-5-12-25-58)34-20-35-71(84)59-26-13-6-14-27-59/h4-55H,1-3H3. The maximum atomic E-state index is 2.69. The van der Waals surface area contributed by atoms with Gasteiger partial charge in [-0.25, -0.2) is 0 Å². The van der Waals surface area contributed by atoms with Crippen LogP contribution in [-0.4, -0.2) is 6.71 Å². The average Bonchev–Trinajstić information content (AvgIpc) is 0.710. The summed E-state index contributed by atoms with van der Waals surface area (Å²) in [6.07, 6.45) is 0. The van der Waals surface area contributed by atoms with Crippen LogP contribution in [0.4, 0.5) is 34.1 Å². The van der Waals surface area contributed by atoms with Gasteiger partial charge in [0.15, 0.2) is 0 Å². The number of benzene rings is 15. The van der Waals surface area contributed by atoms with E-state index in [2.05, 4.69) is 346 Å². The Morgan fingerprint density at radius 2 is 0.674 bits per heavy atom. The van der Waals surface area contributed by atoms with E-state index in [1.165, 1.54) is 76.5 Å². The molecule has 0 atom stereocenters.